The van der Waals surface area contributed by atoms with E-state index in [0.29, 0.717) is 11.1 Å². The van der Waals surface area contributed by atoms with E-state index >= 15 is 0 Å². The van der Waals surface area contributed by atoms with Crippen LogP contribution < -0.4 is 5.11 Å². The molecule has 2 fully saturated rings. The SMILES string of the molecule is CC1(Cn2ccnn2)C(C(=O)[O-])(C(c2ccccc2)c2ccccc2)N2C(=O)CC2S1(=O)=O. The highest BCUT2D eigenvalue weighted by Crippen LogP contribution is 2.59. The molecule has 2 aromatic carbocycles. The summed E-state index contributed by atoms with van der Waals surface area (Å²) in [4.78, 5) is 27.2. The fourth-order valence-corrected chi connectivity index (χ4v) is 8.08. The van der Waals surface area contributed by atoms with Crippen molar-refractivity contribution in [2.45, 2.75) is 41.5 Å². The van der Waals surface area contributed by atoms with Crippen LogP contribution in [0.1, 0.15) is 30.4 Å². The van der Waals surface area contributed by atoms with Gasteiger partial charge in [-0.25, -0.2) is 8.42 Å². The third-order valence-corrected chi connectivity index (χ3v) is 9.80. The fraction of sp³-hybridized carbons (Fsp3) is 0.304. The number of hydrogen-bond donors (Lipinski definition) is 0. The van der Waals surface area contributed by atoms with Gasteiger partial charge >= 0.3 is 0 Å². The summed E-state index contributed by atoms with van der Waals surface area (Å²) in [7, 11) is -4.15. The monoisotopic (exact) mass is 465 g/mol. The quantitative estimate of drug-likeness (QED) is 0.481. The van der Waals surface area contributed by atoms with Crippen LogP contribution in [-0.4, -0.2) is 55.8 Å². The molecule has 2 saturated heterocycles. The van der Waals surface area contributed by atoms with Crippen molar-refractivity contribution in [1.82, 2.24) is 19.9 Å². The van der Waals surface area contributed by atoms with Crippen LogP contribution in [0, 0.1) is 0 Å². The average molecular weight is 466 g/mol. The number of carboxylic acids is 1. The minimum atomic E-state index is -4.15. The number of hydrogen-bond acceptors (Lipinski definition) is 7. The molecule has 3 atom stereocenters. The first-order valence-corrected chi connectivity index (χ1v) is 12.0. The molecule has 0 spiro atoms. The molecule has 1 aromatic heterocycles. The zero-order valence-electron chi connectivity index (χ0n) is 17.7. The number of fused-ring (bicyclic) bond motifs is 1. The standard InChI is InChI=1S/C23H22N4O5S/c1-22(15-26-13-12-24-25-26)23(21(29)30,27-18(28)14-19(27)33(22,31)32)20(16-8-4-2-5-9-16)17-10-6-3-7-11-17/h2-13,19-20H,14-15H2,1H3,(H,29,30)/p-1. The summed E-state index contributed by atoms with van der Waals surface area (Å²) in [5.41, 5.74) is -1.10. The Bertz CT molecular complexity index is 1270. The zero-order chi connectivity index (χ0) is 23.4. The Morgan fingerprint density at radius 1 is 1.12 bits per heavy atom. The van der Waals surface area contributed by atoms with Crippen molar-refractivity contribution in [2.24, 2.45) is 0 Å². The summed E-state index contributed by atoms with van der Waals surface area (Å²) in [5, 5.41) is 19.7. The molecule has 0 saturated carbocycles. The number of carbonyl (C=O) groups is 2. The summed E-state index contributed by atoms with van der Waals surface area (Å²) >= 11 is 0. The lowest BCUT2D eigenvalue weighted by atomic mass is 9.66. The topological polar surface area (TPSA) is 125 Å². The van der Waals surface area contributed by atoms with Gasteiger partial charge in [0.1, 0.15) is 15.7 Å². The van der Waals surface area contributed by atoms with Gasteiger partial charge in [0.25, 0.3) is 0 Å². The van der Waals surface area contributed by atoms with Crippen LogP contribution in [0.15, 0.2) is 73.1 Å². The Balaban J connectivity index is 1.87. The summed E-state index contributed by atoms with van der Waals surface area (Å²) in [6.45, 7) is 1.07. The van der Waals surface area contributed by atoms with Crippen LogP contribution in [0.4, 0.5) is 0 Å². The van der Waals surface area contributed by atoms with Crippen molar-refractivity contribution in [1.29, 1.82) is 0 Å². The molecule has 9 nitrogen and oxygen atoms in total. The van der Waals surface area contributed by atoms with Crippen LogP contribution in [0.2, 0.25) is 0 Å². The molecule has 3 aromatic rings. The summed E-state index contributed by atoms with van der Waals surface area (Å²) < 4.78 is 27.1. The maximum atomic E-state index is 13.9. The largest absolute Gasteiger partial charge is 0.547 e. The molecule has 0 radical (unpaired) electrons. The van der Waals surface area contributed by atoms with E-state index < -0.39 is 43.3 Å². The number of amides is 1. The normalized spacial score (nSPS) is 27.9. The van der Waals surface area contributed by atoms with E-state index in [0.717, 1.165) is 4.90 Å². The van der Waals surface area contributed by atoms with Crippen molar-refractivity contribution in [3.05, 3.63) is 84.2 Å². The van der Waals surface area contributed by atoms with Gasteiger partial charge in [-0.15, -0.1) is 5.10 Å². The second-order valence-corrected chi connectivity index (χ2v) is 11.1. The van der Waals surface area contributed by atoms with E-state index in [4.69, 9.17) is 0 Å². The minimum absolute atomic E-state index is 0.263. The summed E-state index contributed by atoms with van der Waals surface area (Å²) in [6.07, 6.45) is 2.59. The van der Waals surface area contributed by atoms with Gasteiger partial charge in [0, 0.05) is 12.1 Å². The number of nitrogens with zero attached hydrogens (tertiary/aromatic N) is 4. The van der Waals surface area contributed by atoms with Crippen molar-refractivity contribution in [3.63, 3.8) is 0 Å². The van der Waals surface area contributed by atoms with Crippen molar-refractivity contribution < 1.29 is 23.1 Å². The molecule has 2 aliphatic rings. The molecular formula is C23H21N4O5S-. The van der Waals surface area contributed by atoms with E-state index in [1.807, 2.05) is 0 Å². The van der Waals surface area contributed by atoms with Gasteiger partial charge in [0.2, 0.25) is 5.91 Å². The number of rotatable bonds is 6. The molecule has 3 unspecified atom stereocenters. The van der Waals surface area contributed by atoms with Gasteiger partial charge in [-0.2, -0.15) is 0 Å². The smallest absolute Gasteiger partial charge is 0.227 e. The second-order valence-electron chi connectivity index (χ2n) is 8.61. The lowest BCUT2D eigenvalue weighted by Crippen LogP contribution is -2.74. The van der Waals surface area contributed by atoms with Crippen LogP contribution in [0.25, 0.3) is 0 Å². The number of carbonyl (C=O) groups excluding carboxylic acids is 2. The first kappa shape index (κ1) is 21.3. The Kier molecular flexibility index (Phi) is 4.68. The maximum absolute atomic E-state index is 13.9. The number of β-lactam (4-membered cyclic amide) rings is 1. The first-order chi connectivity index (χ1) is 15.7. The summed E-state index contributed by atoms with van der Waals surface area (Å²) in [5.74, 6) is -3.17. The Labute approximate surface area is 190 Å². The van der Waals surface area contributed by atoms with Crippen molar-refractivity contribution in [2.75, 3.05) is 0 Å². The predicted molar refractivity (Wildman–Crippen MR) is 115 cm³/mol. The van der Waals surface area contributed by atoms with Gasteiger partial charge in [0.05, 0.1) is 25.1 Å². The molecule has 0 N–H and O–H groups in total. The van der Waals surface area contributed by atoms with E-state index in [2.05, 4.69) is 10.3 Å². The van der Waals surface area contributed by atoms with Gasteiger partial charge in [-0.1, -0.05) is 65.9 Å². The van der Waals surface area contributed by atoms with Crippen LogP contribution in [-0.2, 0) is 26.0 Å². The number of benzene rings is 2. The Morgan fingerprint density at radius 3 is 2.15 bits per heavy atom. The molecular weight excluding hydrogens is 444 g/mol. The Hall–Kier alpha value is -3.53. The van der Waals surface area contributed by atoms with E-state index in [-0.39, 0.29) is 13.0 Å². The average Bonchev–Trinajstić information content (AvgIpc) is 3.33. The Morgan fingerprint density at radius 2 is 1.70 bits per heavy atom. The molecule has 2 aliphatic heterocycles. The highest BCUT2D eigenvalue weighted by Gasteiger charge is 2.78. The molecule has 10 heteroatoms. The lowest BCUT2D eigenvalue weighted by molar-refractivity contribution is -0.322. The molecule has 3 heterocycles. The number of carboxylic acid groups (broad SMARTS) is 1. The van der Waals surface area contributed by atoms with Crippen LogP contribution in [0.3, 0.4) is 0 Å². The predicted octanol–water partition coefficient (Wildman–Crippen LogP) is 0.344. The lowest BCUT2D eigenvalue weighted by Gasteiger charge is -2.54. The van der Waals surface area contributed by atoms with Gasteiger partial charge in [-0.3, -0.25) is 9.48 Å². The van der Waals surface area contributed by atoms with E-state index in [1.165, 1.54) is 24.0 Å². The minimum Gasteiger partial charge on any atom is -0.547 e. The van der Waals surface area contributed by atoms with E-state index in [1.54, 1.807) is 60.7 Å². The van der Waals surface area contributed by atoms with Crippen LogP contribution >= 0.6 is 0 Å². The van der Waals surface area contributed by atoms with Gasteiger partial charge < -0.3 is 14.8 Å². The molecule has 33 heavy (non-hydrogen) atoms. The zero-order valence-corrected chi connectivity index (χ0v) is 18.6. The molecule has 170 valence electrons. The van der Waals surface area contributed by atoms with Gasteiger partial charge in [-0.05, 0) is 18.1 Å². The third-order valence-electron chi connectivity index (χ3n) is 7.01. The molecule has 1 amide bonds. The first-order valence-electron chi connectivity index (χ1n) is 10.5. The number of aliphatic carboxylic acids is 1. The van der Waals surface area contributed by atoms with Crippen molar-refractivity contribution in [3.8, 4) is 0 Å². The maximum Gasteiger partial charge on any atom is 0.227 e. The van der Waals surface area contributed by atoms with E-state index in [9.17, 15) is 23.1 Å². The second kappa shape index (κ2) is 7.24. The highest BCUT2D eigenvalue weighted by atomic mass is 32.2. The molecule has 0 aliphatic carbocycles. The number of aromatic nitrogens is 3. The van der Waals surface area contributed by atoms with Gasteiger partial charge in [0.15, 0.2) is 9.84 Å². The highest BCUT2D eigenvalue weighted by molar-refractivity contribution is 7.94. The van der Waals surface area contributed by atoms with Crippen molar-refractivity contribution >= 4 is 21.7 Å². The third kappa shape index (κ3) is 2.67. The van der Waals surface area contributed by atoms with Crippen LogP contribution in [0.5, 0.6) is 0 Å². The fourth-order valence-electron chi connectivity index (χ4n) is 5.51. The molecule has 0 bridgehead atoms. The number of sulfone groups is 1. The summed E-state index contributed by atoms with van der Waals surface area (Å²) in [6, 6.07) is 17.5. The molecule has 5 rings (SSSR count).